The summed E-state index contributed by atoms with van der Waals surface area (Å²) in [6.07, 6.45) is 2.26. The molecule has 47 valence electrons. The zero-order valence-electron chi connectivity index (χ0n) is 4.84. The Kier molecular flexibility index (Phi) is 2.01. The van der Waals surface area contributed by atoms with Crippen molar-refractivity contribution in [1.29, 1.82) is 0 Å². The molecular weight excluding hydrogens is 136 g/mol. The monoisotopic (exact) mass is 141 g/mol. The van der Waals surface area contributed by atoms with E-state index < -0.39 is 0 Å². The molecule has 0 aliphatic rings. The summed E-state index contributed by atoms with van der Waals surface area (Å²) in [6.45, 7) is 3.66. The molecule has 0 saturated heterocycles. The van der Waals surface area contributed by atoms with Crippen LogP contribution in [0, 0.1) is 6.92 Å². The molecule has 1 aromatic heterocycles. The molecule has 3 heteroatoms. The maximum Gasteiger partial charge on any atom is 0.154 e. The fraction of sp³-hybridized carbons (Fsp3) is 0.167. The molecule has 0 amide bonds. The minimum atomic E-state index is 0.451. The van der Waals surface area contributed by atoms with Crippen molar-refractivity contribution in [1.82, 2.24) is 10.2 Å². The zero-order chi connectivity index (χ0) is 6.69. The largest absolute Gasteiger partial charge is 0.158 e. The Balaban J connectivity index is 3.01. The van der Waals surface area contributed by atoms with Crippen LogP contribution in [0.2, 0.25) is 5.15 Å². The van der Waals surface area contributed by atoms with Crippen LogP contribution >= 0.6 is 11.6 Å². The van der Waals surface area contributed by atoms with Crippen LogP contribution < -0.4 is 0 Å². The van der Waals surface area contributed by atoms with Gasteiger partial charge in [-0.15, -0.1) is 5.10 Å². The van der Waals surface area contributed by atoms with E-state index in [-0.39, 0.29) is 0 Å². The second kappa shape index (κ2) is 2.78. The SMILES string of the molecule is [CH2]Cc1ccnnc1Cl. The van der Waals surface area contributed by atoms with E-state index in [1.807, 2.05) is 6.07 Å². The van der Waals surface area contributed by atoms with Crippen molar-refractivity contribution < 1.29 is 0 Å². The van der Waals surface area contributed by atoms with Crippen LogP contribution in [0.3, 0.4) is 0 Å². The average Bonchev–Trinajstić information content (AvgIpc) is 1.89. The van der Waals surface area contributed by atoms with Crippen molar-refractivity contribution in [2.75, 3.05) is 0 Å². The van der Waals surface area contributed by atoms with Gasteiger partial charge in [-0.25, -0.2) is 0 Å². The molecule has 1 rings (SSSR count). The number of hydrogen-bond donors (Lipinski definition) is 0. The molecule has 0 aliphatic heterocycles. The summed E-state index contributed by atoms with van der Waals surface area (Å²) in [6, 6.07) is 1.81. The molecule has 0 N–H and O–H groups in total. The van der Waals surface area contributed by atoms with Gasteiger partial charge in [0.25, 0.3) is 0 Å². The van der Waals surface area contributed by atoms with Crippen molar-refractivity contribution in [3.63, 3.8) is 0 Å². The average molecular weight is 142 g/mol. The highest BCUT2D eigenvalue weighted by atomic mass is 35.5. The Morgan fingerprint density at radius 3 is 2.89 bits per heavy atom. The second-order valence-corrected chi connectivity index (χ2v) is 1.96. The molecule has 0 unspecified atom stereocenters. The molecule has 1 radical (unpaired) electrons. The Bertz CT molecular complexity index is 200. The molecule has 0 spiro atoms. The number of nitrogens with zero attached hydrogens (tertiary/aromatic N) is 2. The summed E-state index contributed by atoms with van der Waals surface area (Å²) in [5.41, 5.74) is 0.937. The Morgan fingerprint density at radius 1 is 1.67 bits per heavy atom. The minimum absolute atomic E-state index is 0.451. The number of halogens is 1. The van der Waals surface area contributed by atoms with Crippen LogP contribution in [0.25, 0.3) is 0 Å². The van der Waals surface area contributed by atoms with Crippen LogP contribution in [-0.4, -0.2) is 10.2 Å². The van der Waals surface area contributed by atoms with E-state index in [2.05, 4.69) is 17.1 Å². The Labute approximate surface area is 58.9 Å². The molecule has 0 bridgehead atoms. The molecule has 0 aromatic carbocycles. The number of hydrogen-bond acceptors (Lipinski definition) is 2. The summed E-state index contributed by atoms with van der Waals surface area (Å²) < 4.78 is 0. The maximum absolute atomic E-state index is 5.61. The highest BCUT2D eigenvalue weighted by Gasteiger charge is 1.94. The third kappa shape index (κ3) is 1.39. The predicted octanol–water partition coefficient (Wildman–Crippen LogP) is 1.51. The van der Waals surface area contributed by atoms with E-state index >= 15 is 0 Å². The lowest BCUT2D eigenvalue weighted by atomic mass is 10.2. The fourth-order valence-electron chi connectivity index (χ4n) is 0.527. The molecule has 2 nitrogen and oxygen atoms in total. The van der Waals surface area contributed by atoms with Gasteiger partial charge in [-0.05, 0) is 25.0 Å². The van der Waals surface area contributed by atoms with Gasteiger partial charge in [0.15, 0.2) is 5.15 Å². The molecule has 9 heavy (non-hydrogen) atoms. The Hall–Kier alpha value is -0.630. The lowest BCUT2D eigenvalue weighted by Gasteiger charge is -1.93. The van der Waals surface area contributed by atoms with Crippen LogP contribution in [0.5, 0.6) is 0 Å². The zero-order valence-corrected chi connectivity index (χ0v) is 5.60. The predicted molar refractivity (Wildman–Crippen MR) is 36.1 cm³/mol. The first-order chi connectivity index (χ1) is 4.34. The number of rotatable bonds is 1. The normalized spacial score (nSPS) is 9.56. The third-order valence-electron chi connectivity index (χ3n) is 1.02. The van der Waals surface area contributed by atoms with Crippen molar-refractivity contribution in [2.45, 2.75) is 6.42 Å². The number of aromatic nitrogens is 2. The fourth-order valence-corrected chi connectivity index (χ4v) is 0.728. The molecule has 0 fully saturated rings. The molecule has 0 aliphatic carbocycles. The van der Waals surface area contributed by atoms with Crippen LogP contribution in [0.4, 0.5) is 0 Å². The smallest absolute Gasteiger partial charge is 0.154 e. The van der Waals surface area contributed by atoms with E-state index in [0.717, 1.165) is 5.56 Å². The third-order valence-corrected chi connectivity index (χ3v) is 1.34. The molecule has 0 saturated carbocycles. The summed E-state index contributed by atoms with van der Waals surface area (Å²) in [5.74, 6) is 0. The first-order valence-corrected chi connectivity index (χ1v) is 2.97. The van der Waals surface area contributed by atoms with Gasteiger partial charge in [0, 0.05) is 6.20 Å². The topological polar surface area (TPSA) is 25.8 Å². The lowest BCUT2D eigenvalue weighted by molar-refractivity contribution is 1.00. The van der Waals surface area contributed by atoms with E-state index in [4.69, 9.17) is 11.6 Å². The Morgan fingerprint density at radius 2 is 2.44 bits per heavy atom. The van der Waals surface area contributed by atoms with Gasteiger partial charge in [0.1, 0.15) is 0 Å². The van der Waals surface area contributed by atoms with Crippen LogP contribution in [0.15, 0.2) is 12.3 Å². The highest BCUT2D eigenvalue weighted by molar-refractivity contribution is 6.30. The first kappa shape index (κ1) is 6.49. The summed E-state index contributed by atoms with van der Waals surface area (Å²) in [4.78, 5) is 0. The van der Waals surface area contributed by atoms with Crippen molar-refractivity contribution in [3.8, 4) is 0 Å². The molecule has 0 atom stereocenters. The van der Waals surface area contributed by atoms with Gasteiger partial charge in [-0.1, -0.05) is 11.6 Å². The maximum atomic E-state index is 5.61. The summed E-state index contributed by atoms with van der Waals surface area (Å²) in [7, 11) is 0. The van der Waals surface area contributed by atoms with Gasteiger partial charge in [0.2, 0.25) is 0 Å². The minimum Gasteiger partial charge on any atom is -0.158 e. The van der Waals surface area contributed by atoms with E-state index in [9.17, 15) is 0 Å². The molecule has 1 heterocycles. The van der Waals surface area contributed by atoms with E-state index in [1.54, 1.807) is 6.20 Å². The van der Waals surface area contributed by atoms with Crippen LogP contribution in [-0.2, 0) is 6.42 Å². The highest BCUT2D eigenvalue weighted by Crippen LogP contribution is 2.09. The van der Waals surface area contributed by atoms with Gasteiger partial charge in [-0.2, -0.15) is 5.10 Å². The van der Waals surface area contributed by atoms with Crippen LogP contribution in [0.1, 0.15) is 5.56 Å². The molecular formula is C6H6ClN2. The first-order valence-electron chi connectivity index (χ1n) is 2.60. The van der Waals surface area contributed by atoms with Gasteiger partial charge >= 0.3 is 0 Å². The molecule has 1 aromatic rings. The quantitative estimate of drug-likeness (QED) is 0.593. The lowest BCUT2D eigenvalue weighted by Crippen LogP contribution is -1.87. The summed E-state index contributed by atoms with van der Waals surface area (Å²) in [5, 5.41) is 7.66. The van der Waals surface area contributed by atoms with E-state index in [1.165, 1.54) is 0 Å². The second-order valence-electron chi connectivity index (χ2n) is 1.60. The van der Waals surface area contributed by atoms with Crippen molar-refractivity contribution in [2.24, 2.45) is 0 Å². The standard InChI is InChI=1S/C6H6ClN2/c1-2-5-3-4-8-9-6(5)7/h3-4H,1-2H2. The van der Waals surface area contributed by atoms with Gasteiger partial charge in [-0.3, -0.25) is 0 Å². The summed E-state index contributed by atoms with van der Waals surface area (Å²) >= 11 is 5.61. The van der Waals surface area contributed by atoms with Crippen molar-refractivity contribution >= 4 is 11.6 Å². The van der Waals surface area contributed by atoms with E-state index in [0.29, 0.717) is 11.6 Å². The van der Waals surface area contributed by atoms with Crippen molar-refractivity contribution in [3.05, 3.63) is 29.9 Å². The van der Waals surface area contributed by atoms with Gasteiger partial charge in [0.05, 0.1) is 0 Å². The van der Waals surface area contributed by atoms with Gasteiger partial charge < -0.3 is 0 Å².